The van der Waals surface area contributed by atoms with Gasteiger partial charge < -0.3 is 10.1 Å². The van der Waals surface area contributed by atoms with Crippen LogP contribution in [0.4, 0.5) is 13.2 Å². The SMILES string of the molecule is CC(=O)NCC#CCOc1cccc(C(F)(F)F)c1. The van der Waals surface area contributed by atoms with Crippen molar-refractivity contribution in [1.82, 2.24) is 5.32 Å². The molecule has 0 spiro atoms. The maximum absolute atomic E-state index is 12.4. The molecule has 1 aromatic carbocycles. The molecule has 0 atom stereocenters. The Bertz CT molecular complexity index is 501. The van der Waals surface area contributed by atoms with E-state index in [1.807, 2.05) is 0 Å². The van der Waals surface area contributed by atoms with Crippen molar-refractivity contribution in [2.75, 3.05) is 13.2 Å². The van der Waals surface area contributed by atoms with Crippen LogP contribution >= 0.6 is 0 Å². The van der Waals surface area contributed by atoms with Gasteiger partial charge in [-0.1, -0.05) is 17.9 Å². The van der Waals surface area contributed by atoms with E-state index in [1.54, 1.807) is 0 Å². The van der Waals surface area contributed by atoms with E-state index in [1.165, 1.54) is 19.1 Å². The van der Waals surface area contributed by atoms with Crippen molar-refractivity contribution in [1.29, 1.82) is 0 Å². The Hall–Kier alpha value is -2.16. The minimum atomic E-state index is -4.39. The van der Waals surface area contributed by atoms with Crippen LogP contribution in [-0.2, 0) is 11.0 Å². The standard InChI is InChI=1S/C13H12F3NO2/c1-10(18)17-7-2-3-8-19-12-6-4-5-11(9-12)13(14,15)16/h4-6,9H,7-8H2,1H3,(H,17,18). The Labute approximate surface area is 108 Å². The van der Waals surface area contributed by atoms with Crippen molar-refractivity contribution < 1.29 is 22.7 Å². The first-order valence-electron chi connectivity index (χ1n) is 5.40. The molecule has 0 fully saturated rings. The topological polar surface area (TPSA) is 38.3 Å². The quantitative estimate of drug-likeness (QED) is 0.856. The minimum absolute atomic E-state index is 0.0408. The summed E-state index contributed by atoms with van der Waals surface area (Å²) in [6, 6.07) is 4.57. The maximum Gasteiger partial charge on any atom is 0.416 e. The molecular formula is C13H12F3NO2. The van der Waals surface area contributed by atoms with Crippen LogP contribution in [0.25, 0.3) is 0 Å². The number of amides is 1. The number of halogens is 3. The van der Waals surface area contributed by atoms with Gasteiger partial charge in [0.15, 0.2) is 0 Å². The zero-order valence-electron chi connectivity index (χ0n) is 10.2. The molecular weight excluding hydrogens is 259 g/mol. The molecule has 3 nitrogen and oxygen atoms in total. The van der Waals surface area contributed by atoms with Gasteiger partial charge in [-0.3, -0.25) is 4.79 Å². The summed E-state index contributed by atoms with van der Waals surface area (Å²) < 4.78 is 42.3. The maximum atomic E-state index is 12.4. The highest BCUT2D eigenvalue weighted by atomic mass is 19.4. The van der Waals surface area contributed by atoms with E-state index < -0.39 is 11.7 Å². The molecule has 1 rings (SSSR count). The van der Waals surface area contributed by atoms with Crippen molar-refractivity contribution in [2.45, 2.75) is 13.1 Å². The van der Waals surface area contributed by atoms with E-state index in [0.717, 1.165) is 12.1 Å². The van der Waals surface area contributed by atoms with Gasteiger partial charge >= 0.3 is 6.18 Å². The second-order valence-corrected chi connectivity index (χ2v) is 3.58. The fraction of sp³-hybridized carbons (Fsp3) is 0.308. The third-order valence-electron chi connectivity index (χ3n) is 2.02. The Morgan fingerprint density at radius 1 is 1.37 bits per heavy atom. The molecule has 19 heavy (non-hydrogen) atoms. The summed E-state index contributed by atoms with van der Waals surface area (Å²) in [7, 11) is 0. The van der Waals surface area contributed by atoms with E-state index in [0.29, 0.717) is 0 Å². The van der Waals surface area contributed by atoms with Crippen LogP contribution in [0, 0.1) is 11.8 Å². The lowest BCUT2D eigenvalue weighted by Gasteiger charge is -2.08. The monoisotopic (exact) mass is 271 g/mol. The molecule has 1 aromatic rings. The van der Waals surface area contributed by atoms with E-state index in [9.17, 15) is 18.0 Å². The average molecular weight is 271 g/mol. The van der Waals surface area contributed by atoms with Gasteiger partial charge in [-0.2, -0.15) is 13.2 Å². The molecule has 0 aliphatic rings. The van der Waals surface area contributed by atoms with Crippen molar-refractivity contribution >= 4 is 5.91 Å². The molecule has 0 heterocycles. The van der Waals surface area contributed by atoms with Gasteiger partial charge in [0, 0.05) is 6.92 Å². The van der Waals surface area contributed by atoms with Crippen LogP contribution in [0.2, 0.25) is 0 Å². The first kappa shape index (κ1) is 14.9. The van der Waals surface area contributed by atoms with Gasteiger partial charge in [-0.25, -0.2) is 0 Å². The summed E-state index contributed by atoms with van der Waals surface area (Å²) >= 11 is 0. The normalized spacial score (nSPS) is 10.3. The number of carbonyl (C=O) groups excluding carboxylic acids is 1. The summed E-state index contributed by atoms with van der Waals surface area (Å²) in [4.78, 5) is 10.5. The Kier molecular flexibility index (Phi) is 5.24. The van der Waals surface area contributed by atoms with E-state index >= 15 is 0 Å². The van der Waals surface area contributed by atoms with Crippen LogP contribution < -0.4 is 10.1 Å². The van der Waals surface area contributed by atoms with Crippen LogP contribution in [0.3, 0.4) is 0 Å². The second kappa shape index (κ2) is 6.69. The number of alkyl halides is 3. The van der Waals surface area contributed by atoms with E-state index in [-0.39, 0.29) is 24.8 Å². The molecule has 6 heteroatoms. The highest BCUT2D eigenvalue weighted by molar-refractivity contribution is 5.73. The molecule has 1 amide bonds. The zero-order valence-corrected chi connectivity index (χ0v) is 10.2. The molecule has 0 radical (unpaired) electrons. The number of rotatable bonds is 3. The van der Waals surface area contributed by atoms with Gasteiger partial charge in [0.25, 0.3) is 0 Å². The molecule has 0 aliphatic heterocycles. The molecule has 0 aliphatic carbocycles. The van der Waals surface area contributed by atoms with Crippen LogP contribution in [0.1, 0.15) is 12.5 Å². The number of carbonyl (C=O) groups is 1. The molecule has 0 saturated carbocycles. The Morgan fingerprint density at radius 2 is 2.11 bits per heavy atom. The fourth-order valence-corrected chi connectivity index (χ4v) is 1.16. The van der Waals surface area contributed by atoms with E-state index in [2.05, 4.69) is 17.2 Å². The van der Waals surface area contributed by atoms with E-state index in [4.69, 9.17) is 4.74 Å². The molecule has 0 saturated heterocycles. The molecule has 0 aromatic heterocycles. The van der Waals surface area contributed by atoms with Gasteiger partial charge in [0.1, 0.15) is 12.4 Å². The van der Waals surface area contributed by atoms with Gasteiger partial charge in [-0.05, 0) is 18.2 Å². The van der Waals surface area contributed by atoms with Crippen molar-refractivity contribution in [2.24, 2.45) is 0 Å². The largest absolute Gasteiger partial charge is 0.481 e. The van der Waals surface area contributed by atoms with Gasteiger partial charge in [0.05, 0.1) is 12.1 Å². The second-order valence-electron chi connectivity index (χ2n) is 3.58. The smallest absolute Gasteiger partial charge is 0.416 e. The van der Waals surface area contributed by atoms with Gasteiger partial charge in [0.2, 0.25) is 5.91 Å². The minimum Gasteiger partial charge on any atom is -0.481 e. The molecule has 0 bridgehead atoms. The molecule has 102 valence electrons. The first-order valence-corrected chi connectivity index (χ1v) is 5.40. The predicted octanol–water partition coefficient (Wildman–Crippen LogP) is 2.22. The Balaban J connectivity index is 2.48. The highest BCUT2D eigenvalue weighted by Crippen LogP contribution is 2.31. The Morgan fingerprint density at radius 3 is 2.74 bits per heavy atom. The van der Waals surface area contributed by atoms with Crippen LogP contribution in [0.5, 0.6) is 5.75 Å². The molecule has 1 N–H and O–H groups in total. The lowest BCUT2D eigenvalue weighted by molar-refractivity contribution is -0.137. The lowest BCUT2D eigenvalue weighted by atomic mass is 10.2. The summed E-state index contributed by atoms with van der Waals surface area (Å²) in [5.74, 6) is 5.08. The van der Waals surface area contributed by atoms with Crippen LogP contribution in [-0.4, -0.2) is 19.1 Å². The lowest BCUT2D eigenvalue weighted by Crippen LogP contribution is -2.19. The third-order valence-corrected chi connectivity index (χ3v) is 2.02. The zero-order chi connectivity index (χ0) is 14.3. The van der Waals surface area contributed by atoms with Crippen molar-refractivity contribution in [3.8, 4) is 17.6 Å². The van der Waals surface area contributed by atoms with Crippen LogP contribution in [0.15, 0.2) is 24.3 Å². The summed E-state index contributed by atoms with van der Waals surface area (Å²) in [5, 5.41) is 2.46. The summed E-state index contributed by atoms with van der Waals surface area (Å²) in [6.07, 6.45) is -4.39. The number of hydrogen-bond donors (Lipinski definition) is 1. The number of benzene rings is 1. The fourth-order valence-electron chi connectivity index (χ4n) is 1.16. The number of nitrogens with one attached hydrogen (secondary N) is 1. The predicted molar refractivity (Wildman–Crippen MR) is 63.4 cm³/mol. The van der Waals surface area contributed by atoms with Crippen molar-refractivity contribution in [3.05, 3.63) is 29.8 Å². The summed E-state index contributed by atoms with van der Waals surface area (Å²) in [5.41, 5.74) is -0.767. The highest BCUT2D eigenvalue weighted by Gasteiger charge is 2.30. The number of ether oxygens (including phenoxy) is 1. The van der Waals surface area contributed by atoms with Crippen molar-refractivity contribution in [3.63, 3.8) is 0 Å². The first-order chi connectivity index (χ1) is 8.89. The number of hydrogen-bond acceptors (Lipinski definition) is 2. The summed E-state index contributed by atoms with van der Waals surface area (Å²) in [6.45, 7) is 1.50. The average Bonchev–Trinajstić information content (AvgIpc) is 2.32. The molecule has 0 unspecified atom stereocenters. The van der Waals surface area contributed by atoms with Gasteiger partial charge in [-0.15, -0.1) is 0 Å². The third kappa shape index (κ3) is 5.82.